The van der Waals surface area contributed by atoms with Crippen LogP contribution >= 0.6 is 0 Å². The molecule has 0 N–H and O–H groups in total. The van der Waals surface area contributed by atoms with Gasteiger partial charge in [-0.3, -0.25) is 0 Å². The molecule has 0 aromatic heterocycles. The summed E-state index contributed by atoms with van der Waals surface area (Å²) in [4.78, 5) is 0. The first-order valence-corrected chi connectivity index (χ1v) is 6.87. The summed E-state index contributed by atoms with van der Waals surface area (Å²) in [7, 11) is 0. The molecule has 4 nitrogen and oxygen atoms in total. The number of hydrogen-bond acceptors (Lipinski definition) is 4. The molecular formula is C18H8N4. The summed E-state index contributed by atoms with van der Waals surface area (Å²) in [5.74, 6) is -0.828. The molecule has 2 aromatic rings. The van der Waals surface area contributed by atoms with Crippen LogP contribution in [0.4, 0.5) is 0 Å². The van der Waals surface area contributed by atoms with Crippen LogP contribution in [0.3, 0.4) is 0 Å². The number of hydrogen-bond donors (Lipinski definition) is 0. The average Bonchev–Trinajstić information content (AvgIpc) is 2.86. The zero-order valence-electron chi connectivity index (χ0n) is 11.4. The molecule has 0 amide bonds. The van der Waals surface area contributed by atoms with E-state index in [0.717, 1.165) is 21.9 Å². The van der Waals surface area contributed by atoms with Gasteiger partial charge in [0.05, 0.1) is 24.3 Å². The van der Waals surface area contributed by atoms with Crippen LogP contribution in [0.1, 0.15) is 23.0 Å². The Labute approximate surface area is 127 Å². The van der Waals surface area contributed by atoms with E-state index >= 15 is 0 Å². The Morgan fingerprint density at radius 3 is 1.45 bits per heavy atom. The van der Waals surface area contributed by atoms with Crippen molar-refractivity contribution >= 4 is 10.8 Å². The predicted octanol–water partition coefficient (Wildman–Crippen LogP) is 3.10. The molecule has 4 heteroatoms. The second-order valence-electron chi connectivity index (χ2n) is 5.81. The Kier molecular flexibility index (Phi) is 2.06. The van der Waals surface area contributed by atoms with Crippen LogP contribution in [0.2, 0.25) is 0 Å². The lowest BCUT2D eigenvalue weighted by Crippen LogP contribution is -2.58. The molecule has 2 aliphatic rings. The van der Waals surface area contributed by atoms with E-state index in [4.69, 9.17) is 0 Å². The second-order valence-corrected chi connectivity index (χ2v) is 5.81. The van der Waals surface area contributed by atoms with Gasteiger partial charge in [-0.05, 0) is 21.9 Å². The summed E-state index contributed by atoms with van der Waals surface area (Å²) >= 11 is 0. The molecule has 2 atom stereocenters. The van der Waals surface area contributed by atoms with Crippen LogP contribution in [-0.2, 0) is 0 Å². The van der Waals surface area contributed by atoms with Crippen LogP contribution < -0.4 is 0 Å². The number of nitriles is 4. The molecule has 100 valence electrons. The van der Waals surface area contributed by atoms with Crippen LogP contribution in [-0.4, -0.2) is 0 Å². The molecule has 1 fully saturated rings. The fourth-order valence-electron chi connectivity index (χ4n) is 4.32. The molecule has 4 rings (SSSR count). The van der Waals surface area contributed by atoms with Crippen molar-refractivity contribution in [2.75, 3.05) is 0 Å². The molecule has 0 spiro atoms. The number of fused-ring (bicyclic) bond motifs is 3. The zero-order chi connectivity index (χ0) is 15.5. The maximum atomic E-state index is 9.64. The number of benzene rings is 2. The predicted molar refractivity (Wildman–Crippen MR) is 76.7 cm³/mol. The van der Waals surface area contributed by atoms with E-state index in [-0.39, 0.29) is 0 Å². The van der Waals surface area contributed by atoms with Gasteiger partial charge in [-0.1, -0.05) is 36.4 Å². The van der Waals surface area contributed by atoms with Gasteiger partial charge < -0.3 is 0 Å². The SMILES string of the molecule is N#CC1(C#N)C2c3cccc4cccc(c34)C2C1(C#N)C#N. The van der Waals surface area contributed by atoms with Crippen molar-refractivity contribution in [2.45, 2.75) is 11.8 Å². The minimum absolute atomic E-state index is 0.414. The summed E-state index contributed by atoms with van der Waals surface area (Å²) in [5.41, 5.74) is -1.42. The average molecular weight is 280 g/mol. The van der Waals surface area contributed by atoms with E-state index in [9.17, 15) is 21.0 Å². The molecule has 2 unspecified atom stereocenters. The van der Waals surface area contributed by atoms with Crippen LogP contribution in [0.5, 0.6) is 0 Å². The van der Waals surface area contributed by atoms with E-state index in [1.807, 2.05) is 60.7 Å². The van der Waals surface area contributed by atoms with Crippen molar-refractivity contribution in [3.8, 4) is 24.3 Å². The van der Waals surface area contributed by atoms with Gasteiger partial charge in [0.25, 0.3) is 0 Å². The minimum atomic E-state index is -1.62. The van der Waals surface area contributed by atoms with Gasteiger partial charge in [-0.2, -0.15) is 21.0 Å². The molecule has 2 aliphatic carbocycles. The van der Waals surface area contributed by atoms with Crippen LogP contribution in [0, 0.1) is 56.2 Å². The quantitative estimate of drug-likeness (QED) is 0.740. The van der Waals surface area contributed by atoms with E-state index in [2.05, 4.69) is 0 Å². The third kappa shape index (κ3) is 0.948. The standard InChI is InChI=1S/C18H8N4/c19-7-17(8-20)15-12-5-1-3-11-4-2-6-13(14(11)12)16(15)18(17,9-21)10-22/h1-6,15-16H. The Morgan fingerprint density at radius 2 is 1.09 bits per heavy atom. The molecule has 2 aromatic carbocycles. The molecule has 0 heterocycles. The summed E-state index contributed by atoms with van der Waals surface area (Å²) in [6.07, 6.45) is 0. The molecule has 22 heavy (non-hydrogen) atoms. The lowest BCUT2D eigenvalue weighted by Gasteiger charge is -2.53. The van der Waals surface area contributed by atoms with Gasteiger partial charge in [0, 0.05) is 11.8 Å². The van der Waals surface area contributed by atoms with E-state index in [1.165, 1.54) is 0 Å². The van der Waals surface area contributed by atoms with Crippen molar-refractivity contribution in [3.63, 3.8) is 0 Å². The lowest BCUT2D eigenvalue weighted by atomic mass is 9.39. The summed E-state index contributed by atoms with van der Waals surface area (Å²) in [6, 6.07) is 19.5. The first-order chi connectivity index (χ1) is 10.7. The summed E-state index contributed by atoms with van der Waals surface area (Å²) in [5, 5.41) is 40.6. The Morgan fingerprint density at radius 1 is 0.682 bits per heavy atom. The highest BCUT2D eigenvalue weighted by Crippen LogP contribution is 2.75. The van der Waals surface area contributed by atoms with Crippen molar-refractivity contribution in [1.82, 2.24) is 0 Å². The summed E-state index contributed by atoms with van der Waals surface area (Å²) in [6.45, 7) is 0. The van der Waals surface area contributed by atoms with Crippen molar-refractivity contribution < 1.29 is 0 Å². The van der Waals surface area contributed by atoms with Gasteiger partial charge in [-0.15, -0.1) is 0 Å². The van der Waals surface area contributed by atoms with Gasteiger partial charge >= 0.3 is 0 Å². The van der Waals surface area contributed by atoms with Gasteiger partial charge in [0.2, 0.25) is 0 Å². The van der Waals surface area contributed by atoms with Crippen molar-refractivity contribution in [1.29, 1.82) is 21.0 Å². The minimum Gasteiger partial charge on any atom is -0.196 e. The van der Waals surface area contributed by atoms with Crippen LogP contribution in [0.15, 0.2) is 36.4 Å². The molecule has 0 radical (unpaired) electrons. The third-order valence-corrected chi connectivity index (χ3v) is 5.23. The normalized spacial score (nSPS) is 24.9. The van der Waals surface area contributed by atoms with Gasteiger partial charge in [0.15, 0.2) is 10.8 Å². The molecule has 0 saturated heterocycles. The second kappa shape index (κ2) is 3.65. The maximum absolute atomic E-state index is 9.64. The number of nitrogens with zero attached hydrogens (tertiary/aromatic N) is 4. The highest BCUT2D eigenvalue weighted by Gasteiger charge is 2.78. The van der Waals surface area contributed by atoms with Crippen LogP contribution in [0.25, 0.3) is 10.8 Å². The summed E-state index contributed by atoms with van der Waals surface area (Å²) < 4.78 is 0. The highest BCUT2D eigenvalue weighted by molar-refractivity contribution is 5.94. The zero-order valence-corrected chi connectivity index (χ0v) is 11.4. The van der Waals surface area contributed by atoms with Crippen molar-refractivity contribution in [3.05, 3.63) is 47.5 Å². The van der Waals surface area contributed by atoms with E-state index in [1.54, 1.807) is 0 Å². The first kappa shape index (κ1) is 12.4. The lowest BCUT2D eigenvalue weighted by molar-refractivity contribution is 0.0601. The van der Waals surface area contributed by atoms with E-state index in [0.29, 0.717) is 0 Å². The molecular weight excluding hydrogens is 272 g/mol. The smallest absolute Gasteiger partial charge is 0.183 e. The monoisotopic (exact) mass is 280 g/mol. The highest BCUT2D eigenvalue weighted by atomic mass is 14.7. The molecule has 1 saturated carbocycles. The van der Waals surface area contributed by atoms with E-state index < -0.39 is 22.7 Å². The van der Waals surface area contributed by atoms with Gasteiger partial charge in [-0.25, -0.2) is 0 Å². The Bertz CT molecular complexity index is 900. The maximum Gasteiger partial charge on any atom is 0.183 e. The topological polar surface area (TPSA) is 95.2 Å². The fourth-order valence-corrected chi connectivity index (χ4v) is 4.32. The largest absolute Gasteiger partial charge is 0.196 e. The molecule has 0 aliphatic heterocycles. The number of rotatable bonds is 0. The van der Waals surface area contributed by atoms with Gasteiger partial charge in [0.1, 0.15) is 0 Å². The Hall–Kier alpha value is -3.34. The third-order valence-electron chi connectivity index (χ3n) is 5.23. The molecule has 0 bridgehead atoms. The Balaban J connectivity index is 2.14. The first-order valence-electron chi connectivity index (χ1n) is 6.87. The van der Waals surface area contributed by atoms with Crippen molar-refractivity contribution in [2.24, 2.45) is 10.8 Å². The fraction of sp³-hybridized carbons (Fsp3) is 0.222.